The van der Waals surface area contributed by atoms with Crippen molar-refractivity contribution < 1.29 is 23.9 Å². The molecule has 0 atom stereocenters. The molecular formula is C14H15FN2O4. The van der Waals surface area contributed by atoms with E-state index in [0.29, 0.717) is 11.4 Å². The number of halogens is 1. The van der Waals surface area contributed by atoms with Gasteiger partial charge in [0.2, 0.25) is 6.41 Å². The maximum Gasteiger partial charge on any atom is 0.342 e. The Morgan fingerprint density at radius 1 is 1.29 bits per heavy atom. The van der Waals surface area contributed by atoms with E-state index in [1.54, 1.807) is 14.0 Å². The normalized spacial score (nSPS) is 10.9. The quantitative estimate of drug-likeness (QED) is 0.369. The van der Waals surface area contributed by atoms with Crippen LogP contribution in [0.15, 0.2) is 36.0 Å². The summed E-state index contributed by atoms with van der Waals surface area (Å²) in [6.45, 7) is 2.26. The predicted molar refractivity (Wildman–Crippen MR) is 74.0 cm³/mol. The third-order valence-electron chi connectivity index (χ3n) is 2.74. The Hall–Kier alpha value is -2.70. The summed E-state index contributed by atoms with van der Waals surface area (Å²) in [5.74, 6) is -2.98. The Bertz CT molecular complexity index is 569. The molecule has 1 aromatic rings. The number of hydrogen-bond acceptors (Lipinski definition) is 4. The Morgan fingerprint density at radius 2 is 1.86 bits per heavy atom. The zero-order chi connectivity index (χ0) is 16.0. The molecule has 1 N–H and O–H groups in total. The van der Waals surface area contributed by atoms with Crippen molar-refractivity contribution in [1.29, 1.82) is 0 Å². The molecule has 1 rings (SSSR count). The lowest BCUT2D eigenvalue weighted by Gasteiger charge is -2.18. The lowest BCUT2D eigenvalue weighted by molar-refractivity contribution is -0.134. The number of anilines is 1. The van der Waals surface area contributed by atoms with E-state index in [2.05, 4.69) is 0 Å². The van der Waals surface area contributed by atoms with Gasteiger partial charge >= 0.3 is 5.97 Å². The number of carbonyl (C=O) groups is 3. The first-order valence-electron chi connectivity index (χ1n) is 6.10. The highest BCUT2D eigenvalue weighted by molar-refractivity contribution is 6.26. The average Bonchev–Trinajstić information content (AvgIpc) is 2.46. The minimum absolute atomic E-state index is 0.0858. The molecule has 0 aliphatic rings. The summed E-state index contributed by atoms with van der Waals surface area (Å²) < 4.78 is 12.9. The smallest absolute Gasteiger partial charge is 0.342 e. The van der Waals surface area contributed by atoms with Gasteiger partial charge in [0, 0.05) is 19.8 Å². The van der Waals surface area contributed by atoms with E-state index >= 15 is 0 Å². The SMILES string of the molecule is CCN(C)/C=C(/C(=O)O)C(=O)N(C=O)c1ccc(F)cc1. The van der Waals surface area contributed by atoms with Crippen molar-refractivity contribution in [3.63, 3.8) is 0 Å². The van der Waals surface area contributed by atoms with Crippen molar-refractivity contribution in [2.24, 2.45) is 0 Å². The highest BCUT2D eigenvalue weighted by Crippen LogP contribution is 2.16. The molecule has 0 aliphatic carbocycles. The van der Waals surface area contributed by atoms with Crippen LogP contribution in [0.3, 0.4) is 0 Å². The summed E-state index contributed by atoms with van der Waals surface area (Å²) in [6, 6.07) is 4.57. The van der Waals surface area contributed by atoms with Gasteiger partial charge in [-0.25, -0.2) is 14.1 Å². The van der Waals surface area contributed by atoms with Gasteiger partial charge in [0.25, 0.3) is 5.91 Å². The maximum atomic E-state index is 12.9. The topological polar surface area (TPSA) is 77.9 Å². The van der Waals surface area contributed by atoms with E-state index in [-0.39, 0.29) is 12.1 Å². The Labute approximate surface area is 121 Å². The van der Waals surface area contributed by atoms with E-state index in [1.165, 1.54) is 17.0 Å². The summed E-state index contributed by atoms with van der Waals surface area (Å²) in [5.41, 5.74) is -0.474. The fourth-order valence-corrected chi connectivity index (χ4v) is 1.47. The largest absolute Gasteiger partial charge is 0.477 e. The first-order chi connectivity index (χ1) is 9.90. The second-order valence-corrected chi connectivity index (χ2v) is 4.18. The summed E-state index contributed by atoms with van der Waals surface area (Å²) in [4.78, 5) is 36.6. The molecule has 1 aromatic carbocycles. The van der Waals surface area contributed by atoms with E-state index < -0.39 is 23.3 Å². The van der Waals surface area contributed by atoms with Crippen LogP contribution in [0.4, 0.5) is 10.1 Å². The molecule has 0 spiro atoms. The van der Waals surface area contributed by atoms with Crippen LogP contribution in [-0.4, -0.2) is 41.9 Å². The molecule has 7 heteroatoms. The molecule has 21 heavy (non-hydrogen) atoms. The van der Waals surface area contributed by atoms with Crippen LogP contribution in [0.2, 0.25) is 0 Å². The molecule has 0 aliphatic heterocycles. The molecule has 0 heterocycles. The van der Waals surface area contributed by atoms with Gasteiger partial charge in [-0.2, -0.15) is 0 Å². The van der Waals surface area contributed by atoms with Gasteiger partial charge in [0.15, 0.2) is 0 Å². The van der Waals surface area contributed by atoms with Crippen LogP contribution >= 0.6 is 0 Å². The number of carboxylic acid groups (broad SMARTS) is 1. The van der Waals surface area contributed by atoms with Crippen molar-refractivity contribution in [3.8, 4) is 0 Å². The summed E-state index contributed by atoms with van der Waals surface area (Å²) in [6.07, 6.45) is 1.34. The van der Waals surface area contributed by atoms with Gasteiger partial charge in [-0.3, -0.25) is 9.59 Å². The average molecular weight is 294 g/mol. The zero-order valence-corrected chi connectivity index (χ0v) is 11.6. The molecule has 0 bridgehead atoms. The molecule has 2 amide bonds. The summed E-state index contributed by atoms with van der Waals surface area (Å²) >= 11 is 0. The fourth-order valence-electron chi connectivity index (χ4n) is 1.47. The minimum Gasteiger partial charge on any atom is -0.477 e. The summed E-state index contributed by atoms with van der Waals surface area (Å²) in [7, 11) is 1.60. The molecule has 0 saturated carbocycles. The number of amides is 2. The number of rotatable bonds is 6. The van der Waals surface area contributed by atoms with E-state index in [0.717, 1.165) is 18.3 Å². The van der Waals surface area contributed by atoms with Gasteiger partial charge in [-0.1, -0.05) is 0 Å². The third-order valence-corrected chi connectivity index (χ3v) is 2.74. The molecule has 0 unspecified atom stereocenters. The minimum atomic E-state index is -1.45. The van der Waals surface area contributed by atoms with Gasteiger partial charge in [0.05, 0.1) is 5.69 Å². The molecule has 0 aromatic heterocycles. The summed E-state index contributed by atoms with van der Waals surface area (Å²) in [5, 5.41) is 9.11. The van der Waals surface area contributed by atoms with Gasteiger partial charge in [-0.15, -0.1) is 0 Å². The number of imide groups is 1. The highest BCUT2D eigenvalue weighted by atomic mass is 19.1. The standard InChI is InChI=1S/C14H15FN2O4/c1-3-16(2)8-12(14(20)21)13(19)17(9-18)11-6-4-10(15)5-7-11/h4-9H,3H2,1-2H3,(H,20,21)/b12-8+. The second-order valence-electron chi connectivity index (χ2n) is 4.18. The third kappa shape index (κ3) is 4.13. The lowest BCUT2D eigenvalue weighted by atomic mass is 10.2. The zero-order valence-electron chi connectivity index (χ0n) is 11.6. The Kier molecular flexibility index (Phi) is 5.59. The number of benzene rings is 1. The van der Waals surface area contributed by atoms with Crippen LogP contribution in [0.5, 0.6) is 0 Å². The second kappa shape index (κ2) is 7.18. The molecule has 0 radical (unpaired) electrons. The van der Waals surface area contributed by atoms with Crippen molar-refractivity contribution in [2.75, 3.05) is 18.5 Å². The Balaban J connectivity index is 3.16. The molecule has 0 saturated heterocycles. The number of carboxylic acids is 1. The van der Waals surface area contributed by atoms with Gasteiger partial charge in [-0.05, 0) is 31.2 Å². The number of hydrogen-bond donors (Lipinski definition) is 1. The number of carbonyl (C=O) groups excluding carboxylic acids is 2. The van der Waals surface area contributed by atoms with Crippen molar-refractivity contribution in [1.82, 2.24) is 4.90 Å². The van der Waals surface area contributed by atoms with Crippen LogP contribution < -0.4 is 4.90 Å². The first-order valence-corrected chi connectivity index (χ1v) is 6.10. The van der Waals surface area contributed by atoms with Crippen molar-refractivity contribution in [3.05, 3.63) is 41.9 Å². The van der Waals surface area contributed by atoms with Crippen LogP contribution in [0.1, 0.15) is 6.92 Å². The van der Waals surface area contributed by atoms with Crippen LogP contribution in [0, 0.1) is 5.82 Å². The predicted octanol–water partition coefficient (Wildman–Crippen LogP) is 1.24. The number of nitrogens with zero attached hydrogens (tertiary/aromatic N) is 2. The van der Waals surface area contributed by atoms with E-state index in [4.69, 9.17) is 5.11 Å². The van der Waals surface area contributed by atoms with Gasteiger partial charge in [0.1, 0.15) is 11.4 Å². The first kappa shape index (κ1) is 16.4. The maximum absolute atomic E-state index is 12.9. The van der Waals surface area contributed by atoms with Crippen molar-refractivity contribution >= 4 is 24.0 Å². The van der Waals surface area contributed by atoms with E-state index in [1.807, 2.05) is 0 Å². The van der Waals surface area contributed by atoms with Crippen LogP contribution in [-0.2, 0) is 14.4 Å². The molecule has 112 valence electrons. The van der Waals surface area contributed by atoms with Gasteiger partial charge < -0.3 is 10.0 Å². The Morgan fingerprint density at radius 3 is 2.29 bits per heavy atom. The van der Waals surface area contributed by atoms with Crippen LogP contribution in [0.25, 0.3) is 0 Å². The lowest BCUT2D eigenvalue weighted by Crippen LogP contribution is -2.34. The number of aliphatic carboxylic acids is 1. The molecule has 6 nitrogen and oxygen atoms in total. The highest BCUT2D eigenvalue weighted by Gasteiger charge is 2.25. The monoisotopic (exact) mass is 294 g/mol. The fraction of sp³-hybridized carbons (Fsp3) is 0.214. The van der Waals surface area contributed by atoms with E-state index in [9.17, 15) is 18.8 Å². The van der Waals surface area contributed by atoms with Crippen molar-refractivity contribution in [2.45, 2.75) is 6.92 Å². The molecule has 0 fully saturated rings. The molecular weight excluding hydrogens is 279 g/mol.